The number of nitrogens with zero attached hydrogens (tertiary/aromatic N) is 2. The average molecular weight is 352 g/mol. The molecule has 7 heteroatoms. The van der Waals surface area contributed by atoms with Crippen molar-refractivity contribution in [2.45, 2.75) is 19.4 Å². The summed E-state index contributed by atoms with van der Waals surface area (Å²) in [6.45, 7) is 2.14. The maximum Gasteiger partial charge on any atom is 0.252 e. The van der Waals surface area contributed by atoms with Gasteiger partial charge in [-0.1, -0.05) is 0 Å². The normalized spacial score (nSPS) is 17.1. The summed E-state index contributed by atoms with van der Waals surface area (Å²) in [4.78, 5) is 33.8. The first-order valence-corrected chi connectivity index (χ1v) is 8.34. The number of carbonyl (C=O) groups excluding carboxylic acids is 2. The molecule has 2 heterocycles. The van der Waals surface area contributed by atoms with Gasteiger partial charge in [-0.25, -0.2) is 9.37 Å². The number of hydrogen-bond donors (Lipinski definition) is 2. The van der Waals surface area contributed by atoms with Gasteiger partial charge in [0.2, 0.25) is 5.91 Å². The van der Waals surface area contributed by atoms with Gasteiger partial charge in [0, 0.05) is 17.8 Å². The Morgan fingerprint density at radius 3 is 2.96 bits per heavy atom. The SMILES string of the molecule is Cc1cc(N2CCC(NC(=O)c3ccc4nc[nH]c4c3)C2=O)ccc1F. The van der Waals surface area contributed by atoms with Gasteiger partial charge in [-0.2, -0.15) is 0 Å². The van der Waals surface area contributed by atoms with E-state index < -0.39 is 6.04 Å². The number of benzene rings is 2. The minimum Gasteiger partial charge on any atom is -0.345 e. The number of rotatable bonds is 3. The van der Waals surface area contributed by atoms with E-state index in [9.17, 15) is 14.0 Å². The highest BCUT2D eigenvalue weighted by Gasteiger charge is 2.34. The van der Waals surface area contributed by atoms with Crippen molar-refractivity contribution in [3.8, 4) is 0 Å². The lowest BCUT2D eigenvalue weighted by Crippen LogP contribution is -2.41. The summed E-state index contributed by atoms with van der Waals surface area (Å²) in [6.07, 6.45) is 2.07. The van der Waals surface area contributed by atoms with Crippen LogP contribution < -0.4 is 10.2 Å². The molecule has 1 fully saturated rings. The molecule has 1 aromatic heterocycles. The van der Waals surface area contributed by atoms with Crippen LogP contribution in [0.5, 0.6) is 0 Å². The predicted molar refractivity (Wildman–Crippen MR) is 95.5 cm³/mol. The second-order valence-corrected chi connectivity index (χ2v) is 6.37. The Kier molecular flexibility index (Phi) is 3.91. The van der Waals surface area contributed by atoms with Crippen LogP contribution in [0.2, 0.25) is 0 Å². The number of anilines is 1. The molecule has 132 valence electrons. The summed E-state index contributed by atoms with van der Waals surface area (Å²) in [7, 11) is 0. The molecule has 1 aliphatic heterocycles. The molecule has 0 saturated carbocycles. The van der Waals surface area contributed by atoms with E-state index in [4.69, 9.17) is 0 Å². The summed E-state index contributed by atoms with van der Waals surface area (Å²) in [6, 6.07) is 9.12. The minimum absolute atomic E-state index is 0.188. The molecule has 3 aromatic rings. The predicted octanol–water partition coefficient (Wildman–Crippen LogP) is 2.55. The molecule has 0 aliphatic carbocycles. The Hall–Kier alpha value is -3.22. The highest BCUT2D eigenvalue weighted by Crippen LogP contribution is 2.24. The zero-order valence-electron chi connectivity index (χ0n) is 14.1. The molecular formula is C19H17FN4O2. The number of halogens is 1. The summed E-state index contributed by atoms with van der Waals surface area (Å²) in [5, 5.41) is 2.79. The first-order chi connectivity index (χ1) is 12.5. The van der Waals surface area contributed by atoms with Crippen molar-refractivity contribution in [2.24, 2.45) is 0 Å². The van der Waals surface area contributed by atoms with Crippen molar-refractivity contribution in [3.05, 3.63) is 59.7 Å². The van der Waals surface area contributed by atoms with E-state index in [0.717, 1.165) is 11.0 Å². The summed E-state index contributed by atoms with van der Waals surface area (Å²) >= 11 is 0. The first-order valence-electron chi connectivity index (χ1n) is 8.34. The average Bonchev–Trinajstić information content (AvgIpc) is 3.24. The number of hydrogen-bond acceptors (Lipinski definition) is 3. The molecule has 1 atom stereocenters. The summed E-state index contributed by atoms with van der Waals surface area (Å²) in [5.41, 5.74) is 3.13. The van der Waals surface area contributed by atoms with Crippen LogP contribution in [0.15, 0.2) is 42.7 Å². The number of carbonyl (C=O) groups is 2. The monoisotopic (exact) mass is 352 g/mol. The molecule has 26 heavy (non-hydrogen) atoms. The number of aromatic nitrogens is 2. The van der Waals surface area contributed by atoms with Gasteiger partial charge in [-0.15, -0.1) is 0 Å². The maximum absolute atomic E-state index is 13.4. The quantitative estimate of drug-likeness (QED) is 0.760. The Balaban J connectivity index is 1.49. The third-order valence-electron chi connectivity index (χ3n) is 4.65. The van der Waals surface area contributed by atoms with Crippen LogP contribution in [0, 0.1) is 12.7 Å². The molecule has 4 rings (SSSR count). The highest BCUT2D eigenvalue weighted by molar-refractivity contribution is 6.04. The summed E-state index contributed by atoms with van der Waals surface area (Å²) in [5.74, 6) is -0.802. The number of H-pyrrole nitrogens is 1. The molecule has 6 nitrogen and oxygen atoms in total. The number of nitrogens with one attached hydrogen (secondary N) is 2. The largest absolute Gasteiger partial charge is 0.345 e. The van der Waals surface area contributed by atoms with Crippen LogP contribution in [0.4, 0.5) is 10.1 Å². The van der Waals surface area contributed by atoms with Crippen molar-refractivity contribution in [2.75, 3.05) is 11.4 Å². The van der Waals surface area contributed by atoms with Crippen molar-refractivity contribution in [3.63, 3.8) is 0 Å². The van der Waals surface area contributed by atoms with Gasteiger partial charge >= 0.3 is 0 Å². The maximum atomic E-state index is 13.4. The fourth-order valence-corrected chi connectivity index (χ4v) is 3.19. The van der Waals surface area contributed by atoms with Crippen molar-refractivity contribution >= 4 is 28.5 Å². The molecular weight excluding hydrogens is 335 g/mol. The van der Waals surface area contributed by atoms with Crippen LogP contribution in [-0.2, 0) is 4.79 Å². The number of aryl methyl sites for hydroxylation is 1. The van der Waals surface area contributed by atoms with E-state index in [1.54, 1.807) is 48.5 Å². The van der Waals surface area contributed by atoms with Gasteiger partial charge in [-0.05, 0) is 55.3 Å². The number of amides is 2. The van der Waals surface area contributed by atoms with Crippen molar-refractivity contribution < 1.29 is 14.0 Å². The zero-order chi connectivity index (χ0) is 18.3. The van der Waals surface area contributed by atoms with Gasteiger partial charge in [0.1, 0.15) is 11.9 Å². The Morgan fingerprint density at radius 2 is 2.15 bits per heavy atom. The van der Waals surface area contributed by atoms with Crippen LogP contribution in [0.3, 0.4) is 0 Å². The standard InChI is InChI=1S/C19H17FN4O2/c1-11-8-13(3-4-14(11)20)24-7-6-16(19(24)26)23-18(25)12-2-5-15-17(9-12)22-10-21-15/h2-5,8-10,16H,6-7H2,1H3,(H,21,22)(H,23,25). The van der Waals surface area contributed by atoms with Crippen LogP contribution in [0.1, 0.15) is 22.3 Å². The Labute approximate surface area is 149 Å². The topological polar surface area (TPSA) is 78.1 Å². The fraction of sp³-hybridized carbons (Fsp3) is 0.211. The van der Waals surface area contributed by atoms with Crippen molar-refractivity contribution in [1.82, 2.24) is 15.3 Å². The van der Waals surface area contributed by atoms with Gasteiger partial charge in [-0.3, -0.25) is 9.59 Å². The van der Waals surface area contributed by atoms with E-state index in [1.807, 2.05) is 0 Å². The van der Waals surface area contributed by atoms with E-state index in [0.29, 0.717) is 29.8 Å². The third-order valence-corrected chi connectivity index (χ3v) is 4.65. The lowest BCUT2D eigenvalue weighted by atomic mass is 10.1. The van der Waals surface area contributed by atoms with E-state index in [1.165, 1.54) is 6.07 Å². The fourth-order valence-electron chi connectivity index (χ4n) is 3.19. The third kappa shape index (κ3) is 2.81. The highest BCUT2D eigenvalue weighted by atomic mass is 19.1. The van der Waals surface area contributed by atoms with E-state index in [2.05, 4.69) is 15.3 Å². The molecule has 0 bridgehead atoms. The van der Waals surface area contributed by atoms with Crippen LogP contribution in [-0.4, -0.2) is 34.4 Å². The van der Waals surface area contributed by atoms with E-state index in [-0.39, 0.29) is 17.6 Å². The Morgan fingerprint density at radius 1 is 1.31 bits per heavy atom. The van der Waals surface area contributed by atoms with Gasteiger partial charge in [0.25, 0.3) is 5.91 Å². The second kappa shape index (κ2) is 6.25. The van der Waals surface area contributed by atoms with Gasteiger partial charge < -0.3 is 15.2 Å². The lowest BCUT2D eigenvalue weighted by molar-refractivity contribution is -0.118. The molecule has 2 aromatic carbocycles. The molecule has 2 amide bonds. The van der Waals surface area contributed by atoms with Crippen LogP contribution in [0.25, 0.3) is 11.0 Å². The van der Waals surface area contributed by atoms with Gasteiger partial charge in [0.05, 0.1) is 17.4 Å². The smallest absolute Gasteiger partial charge is 0.252 e. The zero-order valence-corrected chi connectivity index (χ0v) is 14.1. The minimum atomic E-state index is -0.592. The molecule has 2 N–H and O–H groups in total. The molecule has 1 unspecified atom stereocenters. The lowest BCUT2D eigenvalue weighted by Gasteiger charge is -2.18. The van der Waals surface area contributed by atoms with Gasteiger partial charge in [0.15, 0.2) is 0 Å². The van der Waals surface area contributed by atoms with E-state index >= 15 is 0 Å². The molecule has 1 saturated heterocycles. The Bertz CT molecular complexity index is 1010. The molecule has 0 radical (unpaired) electrons. The molecule has 1 aliphatic rings. The van der Waals surface area contributed by atoms with Crippen molar-refractivity contribution in [1.29, 1.82) is 0 Å². The second-order valence-electron chi connectivity index (χ2n) is 6.37. The number of imidazole rings is 1. The molecule has 0 spiro atoms. The van der Waals surface area contributed by atoms with Crippen LogP contribution >= 0.6 is 0 Å². The first kappa shape index (κ1) is 16.3. The number of fused-ring (bicyclic) bond motifs is 1. The number of aromatic amines is 1. The summed E-state index contributed by atoms with van der Waals surface area (Å²) < 4.78 is 13.4.